The minimum Gasteiger partial charge on any atom is -0.478 e. The first-order chi connectivity index (χ1) is 13.7. The van der Waals surface area contributed by atoms with E-state index >= 15 is 0 Å². The number of carbonyl (C=O) groups is 1. The molecule has 0 aliphatic heterocycles. The van der Waals surface area contributed by atoms with Crippen molar-refractivity contribution in [2.24, 2.45) is 0 Å². The molecule has 8 heteroatoms. The molecule has 0 aliphatic carbocycles. The molecule has 28 heavy (non-hydrogen) atoms. The lowest BCUT2D eigenvalue weighted by Crippen LogP contribution is -2.32. The van der Waals surface area contributed by atoms with Crippen molar-refractivity contribution in [2.45, 2.75) is 20.0 Å². The van der Waals surface area contributed by atoms with E-state index in [0.29, 0.717) is 23.6 Å². The zero-order valence-electron chi connectivity index (χ0n) is 15.2. The molecule has 1 N–H and O–H groups in total. The largest absolute Gasteiger partial charge is 0.478 e. The molecule has 0 fully saturated rings. The van der Waals surface area contributed by atoms with E-state index in [1.165, 1.54) is 10.9 Å². The Morgan fingerprint density at radius 2 is 2.07 bits per heavy atom. The maximum atomic E-state index is 12.7. The molecule has 0 saturated carbocycles. The average molecular weight is 378 g/mol. The van der Waals surface area contributed by atoms with Crippen molar-refractivity contribution >= 4 is 28.0 Å². The third kappa shape index (κ3) is 3.32. The van der Waals surface area contributed by atoms with E-state index < -0.39 is 5.56 Å². The smallest absolute Gasteiger partial charge is 0.297 e. The van der Waals surface area contributed by atoms with E-state index in [-0.39, 0.29) is 24.6 Å². The number of para-hydroxylation sites is 1. The van der Waals surface area contributed by atoms with Gasteiger partial charge in [-0.2, -0.15) is 0 Å². The van der Waals surface area contributed by atoms with Gasteiger partial charge in [0.2, 0.25) is 17.4 Å². The summed E-state index contributed by atoms with van der Waals surface area (Å²) in [5.74, 6) is 0.151. The Morgan fingerprint density at radius 3 is 2.93 bits per heavy atom. The van der Waals surface area contributed by atoms with Gasteiger partial charge >= 0.3 is 0 Å². The average Bonchev–Trinajstić information content (AvgIpc) is 3.09. The van der Waals surface area contributed by atoms with Gasteiger partial charge in [0.15, 0.2) is 0 Å². The molecule has 0 saturated heterocycles. The highest BCUT2D eigenvalue weighted by Crippen LogP contribution is 2.24. The van der Waals surface area contributed by atoms with E-state index in [0.717, 1.165) is 10.9 Å². The molecule has 0 unspecified atom stereocenters. The fraction of sp³-hybridized carbons (Fsp3) is 0.200. The molecule has 142 valence electrons. The van der Waals surface area contributed by atoms with Gasteiger partial charge in [-0.15, -0.1) is 0 Å². The molecule has 0 atom stereocenters. The topological polar surface area (TPSA) is 99.2 Å². The van der Waals surface area contributed by atoms with E-state index in [2.05, 4.69) is 15.3 Å². The van der Waals surface area contributed by atoms with Crippen LogP contribution in [0.3, 0.4) is 0 Å². The van der Waals surface area contributed by atoms with Crippen LogP contribution in [0.1, 0.15) is 12.5 Å². The van der Waals surface area contributed by atoms with Crippen LogP contribution in [0.5, 0.6) is 5.88 Å². The monoisotopic (exact) mass is 378 g/mol. The molecular formula is C20H18N4O4. The third-order valence-electron chi connectivity index (χ3n) is 4.27. The van der Waals surface area contributed by atoms with Gasteiger partial charge in [0.25, 0.3) is 5.56 Å². The molecule has 0 radical (unpaired) electrons. The summed E-state index contributed by atoms with van der Waals surface area (Å²) in [5.41, 5.74) is 1.59. The van der Waals surface area contributed by atoms with Crippen LogP contribution >= 0.6 is 0 Å². The van der Waals surface area contributed by atoms with Gasteiger partial charge in [0, 0.05) is 23.7 Å². The van der Waals surface area contributed by atoms with E-state index in [1.54, 1.807) is 18.3 Å². The fourth-order valence-corrected chi connectivity index (χ4v) is 2.96. The lowest BCUT2D eigenvalue weighted by Gasteiger charge is -2.10. The molecule has 1 aromatic carbocycles. The highest BCUT2D eigenvalue weighted by molar-refractivity contribution is 6.01. The van der Waals surface area contributed by atoms with Gasteiger partial charge in [-0.25, -0.2) is 9.97 Å². The quantitative estimate of drug-likeness (QED) is 0.552. The minimum absolute atomic E-state index is 0.141. The highest BCUT2D eigenvalue weighted by Gasteiger charge is 2.14. The van der Waals surface area contributed by atoms with Crippen LogP contribution in [0.25, 0.3) is 22.1 Å². The fourth-order valence-electron chi connectivity index (χ4n) is 2.96. The van der Waals surface area contributed by atoms with E-state index in [4.69, 9.17) is 9.15 Å². The van der Waals surface area contributed by atoms with Gasteiger partial charge in [0.1, 0.15) is 17.6 Å². The Labute approximate surface area is 159 Å². The zero-order valence-corrected chi connectivity index (χ0v) is 15.2. The third-order valence-corrected chi connectivity index (χ3v) is 4.27. The summed E-state index contributed by atoms with van der Waals surface area (Å²) in [7, 11) is 0. The molecule has 3 heterocycles. The standard InChI is InChI=1S/C20H18N4O4/c1-2-27-19-13(6-5-9-21-19)10-22-16(25)11-24-12-23-17-14-7-3-4-8-15(14)28-18(17)20(24)26/h3-9,12H,2,10-11H2,1H3,(H,22,25). The molecule has 0 bridgehead atoms. The molecular weight excluding hydrogens is 360 g/mol. The number of benzene rings is 1. The Kier molecular flexibility index (Phi) is 4.76. The van der Waals surface area contributed by atoms with Gasteiger partial charge in [-0.05, 0) is 25.1 Å². The number of ether oxygens (including phenoxy) is 1. The number of hydrogen-bond donors (Lipinski definition) is 1. The number of pyridine rings is 1. The Morgan fingerprint density at radius 1 is 1.21 bits per heavy atom. The summed E-state index contributed by atoms with van der Waals surface area (Å²) in [6.45, 7) is 2.43. The maximum absolute atomic E-state index is 12.7. The number of hydrogen-bond acceptors (Lipinski definition) is 6. The van der Waals surface area contributed by atoms with Crippen molar-refractivity contribution < 1.29 is 13.9 Å². The number of rotatable bonds is 6. The van der Waals surface area contributed by atoms with Gasteiger partial charge in [-0.1, -0.05) is 18.2 Å². The summed E-state index contributed by atoms with van der Waals surface area (Å²) >= 11 is 0. The van der Waals surface area contributed by atoms with Crippen LogP contribution < -0.4 is 15.6 Å². The first-order valence-corrected chi connectivity index (χ1v) is 8.87. The van der Waals surface area contributed by atoms with Crippen molar-refractivity contribution in [3.8, 4) is 5.88 Å². The molecule has 8 nitrogen and oxygen atoms in total. The van der Waals surface area contributed by atoms with Crippen molar-refractivity contribution in [3.05, 3.63) is 64.8 Å². The van der Waals surface area contributed by atoms with E-state index in [1.807, 2.05) is 31.2 Å². The second kappa shape index (κ2) is 7.51. The molecule has 1 amide bonds. The predicted molar refractivity (Wildman–Crippen MR) is 103 cm³/mol. The number of furan rings is 1. The second-order valence-corrected chi connectivity index (χ2v) is 6.13. The number of nitrogens with zero attached hydrogens (tertiary/aromatic N) is 3. The minimum atomic E-state index is -0.396. The molecule has 0 aliphatic rings. The maximum Gasteiger partial charge on any atom is 0.297 e. The first-order valence-electron chi connectivity index (χ1n) is 8.87. The van der Waals surface area contributed by atoms with Gasteiger partial charge in [-0.3, -0.25) is 14.2 Å². The number of amides is 1. The molecule has 4 aromatic rings. The van der Waals surface area contributed by atoms with Crippen LogP contribution in [0.4, 0.5) is 0 Å². The van der Waals surface area contributed by atoms with Crippen molar-refractivity contribution in [1.82, 2.24) is 19.9 Å². The summed E-state index contributed by atoms with van der Waals surface area (Å²) in [6, 6.07) is 10.9. The number of nitrogens with one attached hydrogen (secondary N) is 1. The van der Waals surface area contributed by atoms with Crippen LogP contribution in [0.15, 0.2) is 58.1 Å². The zero-order chi connectivity index (χ0) is 19.5. The predicted octanol–water partition coefficient (Wildman–Crippen LogP) is 2.25. The molecule has 4 rings (SSSR count). The molecule has 3 aromatic heterocycles. The van der Waals surface area contributed by atoms with E-state index in [9.17, 15) is 9.59 Å². The van der Waals surface area contributed by atoms with Crippen LogP contribution in [-0.4, -0.2) is 27.0 Å². The van der Waals surface area contributed by atoms with Crippen LogP contribution in [0, 0.1) is 0 Å². The number of aromatic nitrogens is 3. The van der Waals surface area contributed by atoms with Crippen molar-refractivity contribution in [1.29, 1.82) is 0 Å². The van der Waals surface area contributed by atoms with Gasteiger partial charge < -0.3 is 14.5 Å². The summed E-state index contributed by atoms with van der Waals surface area (Å²) in [5, 5.41) is 3.54. The lowest BCUT2D eigenvalue weighted by molar-refractivity contribution is -0.121. The van der Waals surface area contributed by atoms with Crippen LogP contribution in [-0.2, 0) is 17.9 Å². The molecule has 0 spiro atoms. The van der Waals surface area contributed by atoms with Crippen molar-refractivity contribution in [3.63, 3.8) is 0 Å². The Hall–Kier alpha value is -3.68. The first kappa shape index (κ1) is 17.7. The summed E-state index contributed by atoms with van der Waals surface area (Å²) in [4.78, 5) is 33.4. The summed E-state index contributed by atoms with van der Waals surface area (Å²) < 4.78 is 12.3. The number of fused-ring (bicyclic) bond motifs is 3. The normalized spacial score (nSPS) is 11.0. The van der Waals surface area contributed by atoms with Crippen molar-refractivity contribution in [2.75, 3.05) is 6.61 Å². The Bertz CT molecular complexity index is 1210. The Balaban J connectivity index is 1.52. The lowest BCUT2D eigenvalue weighted by atomic mass is 10.2. The second-order valence-electron chi connectivity index (χ2n) is 6.13. The van der Waals surface area contributed by atoms with Gasteiger partial charge in [0.05, 0.1) is 12.9 Å². The van der Waals surface area contributed by atoms with Crippen LogP contribution in [0.2, 0.25) is 0 Å². The SMILES string of the molecule is CCOc1ncccc1CNC(=O)Cn1cnc2c(oc3ccccc32)c1=O. The highest BCUT2D eigenvalue weighted by atomic mass is 16.5. The number of carbonyl (C=O) groups excluding carboxylic acids is 1. The summed E-state index contributed by atoms with van der Waals surface area (Å²) in [6.07, 6.45) is 2.99.